The fourth-order valence-corrected chi connectivity index (χ4v) is 2.67. The Morgan fingerprint density at radius 2 is 1.48 bits per heavy atom. The highest BCUT2D eigenvalue weighted by Gasteiger charge is 2.49. The SMILES string of the molecule is COC1OC(C)C(O)C(O)C1OC1OC(CO)C(O)C(O)C1O. The van der Waals surface area contributed by atoms with Crippen molar-refractivity contribution in [3.63, 3.8) is 0 Å². The average molecular weight is 340 g/mol. The molecule has 0 saturated carbocycles. The lowest BCUT2D eigenvalue weighted by molar-refractivity contribution is -0.362. The van der Waals surface area contributed by atoms with Gasteiger partial charge in [0.1, 0.15) is 42.7 Å². The first-order chi connectivity index (χ1) is 10.8. The zero-order valence-corrected chi connectivity index (χ0v) is 12.8. The number of hydrogen-bond donors (Lipinski definition) is 6. The van der Waals surface area contributed by atoms with Crippen LogP contribution in [0.2, 0.25) is 0 Å². The fraction of sp³-hybridized carbons (Fsp3) is 1.00. The first-order valence-electron chi connectivity index (χ1n) is 7.32. The quantitative estimate of drug-likeness (QED) is 0.300. The number of ether oxygens (including phenoxy) is 4. The molecule has 0 spiro atoms. The second-order valence-corrected chi connectivity index (χ2v) is 5.72. The summed E-state index contributed by atoms with van der Waals surface area (Å²) in [5, 5.41) is 58.6. The van der Waals surface area contributed by atoms with Crippen molar-refractivity contribution in [1.29, 1.82) is 0 Å². The lowest BCUT2D eigenvalue weighted by Crippen LogP contribution is -2.63. The summed E-state index contributed by atoms with van der Waals surface area (Å²) in [5.41, 5.74) is 0. The predicted octanol–water partition coefficient (Wildman–Crippen LogP) is -3.72. The van der Waals surface area contributed by atoms with Crippen molar-refractivity contribution in [2.45, 2.75) is 68.3 Å². The van der Waals surface area contributed by atoms with E-state index in [0.29, 0.717) is 0 Å². The monoisotopic (exact) mass is 340 g/mol. The summed E-state index contributed by atoms with van der Waals surface area (Å²) in [6.45, 7) is 0.936. The molecule has 2 rings (SSSR count). The first-order valence-corrected chi connectivity index (χ1v) is 7.32. The van der Waals surface area contributed by atoms with Crippen molar-refractivity contribution in [2.24, 2.45) is 0 Å². The van der Waals surface area contributed by atoms with E-state index in [1.54, 1.807) is 6.92 Å². The van der Waals surface area contributed by atoms with Crippen LogP contribution in [0, 0.1) is 0 Å². The van der Waals surface area contributed by atoms with Crippen LogP contribution in [0.1, 0.15) is 6.92 Å². The van der Waals surface area contributed by atoms with Crippen LogP contribution in [0.25, 0.3) is 0 Å². The molecule has 0 aromatic rings. The van der Waals surface area contributed by atoms with Gasteiger partial charge in [-0.2, -0.15) is 0 Å². The molecule has 0 bridgehead atoms. The van der Waals surface area contributed by atoms with Gasteiger partial charge in [-0.3, -0.25) is 0 Å². The third-order valence-electron chi connectivity index (χ3n) is 4.16. The standard InChI is InChI=1S/C13H24O10/c1-4-6(15)9(18)11(13(20-2)21-4)23-12-10(19)8(17)7(16)5(3-14)22-12/h4-19H,3H2,1-2H3. The number of methoxy groups -OCH3 is 1. The molecule has 23 heavy (non-hydrogen) atoms. The van der Waals surface area contributed by atoms with E-state index < -0.39 is 68.0 Å². The molecule has 2 heterocycles. The second kappa shape index (κ2) is 7.66. The van der Waals surface area contributed by atoms with E-state index in [0.717, 1.165) is 0 Å². The highest BCUT2D eigenvalue weighted by molar-refractivity contribution is 4.92. The van der Waals surface area contributed by atoms with Crippen molar-refractivity contribution in [2.75, 3.05) is 13.7 Å². The van der Waals surface area contributed by atoms with Gasteiger partial charge in [0, 0.05) is 7.11 Å². The molecule has 2 aliphatic rings. The van der Waals surface area contributed by atoms with E-state index in [1.165, 1.54) is 7.11 Å². The molecule has 0 radical (unpaired) electrons. The first kappa shape index (κ1) is 18.9. The van der Waals surface area contributed by atoms with E-state index >= 15 is 0 Å². The molecule has 10 atom stereocenters. The van der Waals surface area contributed by atoms with Gasteiger partial charge in [-0.25, -0.2) is 0 Å². The Balaban J connectivity index is 2.11. The minimum absolute atomic E-state index is 0.609. The van der Waals surface area contributed by atoms with Gasteiger partial charge in [-0.15, -0.1) is 0 Å². The Morgan fingerprint density at radius 3 is 2.04 bits per heavy atom. The number of aliphatic hydroxyl groups excluding tert-OH is 6. The van der Waals surface area contributed by atoms with Crippen LogP contribution in [0.15, 0.2) is 0 Å². The van der Waals surface area contributed by atoms with Gasteiger partial charge in [0.05, 0.1) is 12.7 Å². The summed E-state index contributed by atoms with van der Waals surface area (Å²) in [6, 6.07) is 0. The molecular formula is C13H24O10. The minimum Gasteiger partial charge on any atom is -0.394 e. The molecule has 0 aromatic carbocycles. The van der Waals surface area contributed by atoms with Crippen LogP contribution in [0.4, 0.5) is 0 Å². The van der Waals surface area contributed by atoms with Crippen LogP contribution in [-0.2, 0) is 18.9 Å². The van der Waals surface area contributed by atoms with Crippen LogP contribution in [-0.4, -0.2) is 106 Å². The van der Waals surface area contributed by atoms with E-state index in [2.05, 4.69) is 0 Å². The van der Waals surface area contributed by atoms with Gasteiger partial charge in [-0.1, -0.05) is 0 Å². The summed E-state index contributed by atoms with van der Waals surface area (Å²) in [5.74, 6) is 0. The van der Waals surface area contributed by atoms with Crippen molar-refractivity contribution in [3.8, 4) is 0 Å². The third-order valence-corrected chi connectivity index (χ3v) is 4.16. The Labute approximate surface area is 132 Å². The summed E-state index contributed by atoms with van der Waals surface area (Å²) < 4.78 is 21.0. The molecule has 2 fully saturated rings. The molecular weight excluding hydrogens is 316 g/mol. The van der Waals surface area contributed by atoms with Gasteiger partial charge in [-0.05, 0) is 6.92 Å². The van der Waals surface area contributed by atoms with Crippen LogP contribution >= 0.6 is 0 Å². The molecule has 0 aromatic heterocycles. The minimum atomic E-state index is -1.63. The predicted molar refractivity (Wildman–Crippen MR) is 72.0 cm³/mol. The molecule has 2 saturated heterocycles. The van der Waals surface area contributed by atoms with Crippen LogP contribution in [0.5, 0.6) is 0 Å². The summed E-state index contributed by atoms with van der Waals surface area (Å²) in [4.78, 5) is 0. The van der Waals surface area contributed by atoms with Crippen LogP contribution in [0.3, 0.4) is 0 Å². The van der Waals surface area contributed by atoms with Crippen molar-refractivity contribution in [1.82, 2.24) is 0 Å². The Bertz CT molecular complexity index is 378. The Morgan fingerprint density at radius 1 is 0.826 bits per heavy atom. The van der Waals surface area contributed by atoms with Gasteiger partial charge >= 0.3 is 0 Å². The largest absolute Gasteiger partial charge is 0.394 e. The molecule has 10 unspecified atom stereocenters. The molecule has 10 heteroatoms. The van der Waals surface area contributed by atoms with Gasteiger partial charge < -0.3 is 49.6 Å². The van der Waals surface area contributed by atoms with E-state index in [-0.39, 0.29) is 0 Å². The molecule has 6 N–H and O–H groups in total. The van der Waals surface area contributed by atoms with E-state index in [4.69, 9.17) is 24.1 Å². The zero-order valence-electron chi connectivity index (χ0n) is 12.8. The van der Waals surface area contributed by atoms with E-state index in [1.807, 2.05) is 0 Å². The Hall–Kier alpha value is -0.400. The lowest BCUT2D eigenvalue weighted by Gasteiger charge is -2.45. The number of rotatable bonds is 4. The zero-order chi connectivity index (χ0) is 17.3. The van der Waals surface area contributed by atoms with E-state index in [9.17, 15) is 25.5 Å². The number of aliphatic hydroxyl groups is 6. The summed E-state index contributed by atoms with van der Waals surface area (Å²) >= 11 is 0. The highest BCUT2D eigenvalue weighted by atomic mass is 16.8. The van der Waals surface area contributed by atoms with Gasteiger partial charge in [0.25, 0.3) is 0 Å². The van der Waals surface area contributed by atoms with Gasteiger partial charge in [0.15, 0.2) is 12.6 Å². The maximum absolute atomic E-state index is 10.1. The molecule has 10 nitrogen and oxygen atoms in total. The smallest absolute Gasteiger partial charge is 0.187 e. The molecule has 136 valence electrons. The van der Waals surface area contributed by atoms with Crippen molar-refractivity contribution < 1.29 is 49.6 Å². The third kappa shape index (κ3) is 3.66. The Kier molecular flexibility index (Phi) is 6.30. The summed E-state index contributed by atoms with van der Waals surface area (Å²) in [6.07, 6.45) is -13.0. The van der Waals surface area contributed by atoms with Crippen molar-refractivity contribution in [3.05, 3.63) is 0 Å². The maximum atomic E-state index is 10.1. The van der Waals surface area contributed by atoms with Crippen molar-refractivity contribution >= 4 is 0 Å². The highest BCUT2D eigenvalue weighted by Crippen LogP contribution is 2.29. The van der Waals surface area contributed by atoms with Gasteiger partial charge in [0.2, 0.25) is 0 Å². The topological polar surface area (TPSA) is 158 Å². The lowest BCUT2D eigenvalue weighted by atomic mass is 9.97. The second-order valence-electron chi connectivity index (χ2n) is 5.72. The molecule has 0 amide bonds. The number of hydrogen-bond acceptors (Lipinski definition) is 10. The molecule has 2 aliphatic heterocycles. The maximum Gasteiger partial charge on any atom is 0.187 e. The van der Waals surface area contributed by atoms with Crippen LogP contribution < -0.4 is 0 Å². The summed E-state index contributed by atoms with van der Waals surface area (Å²) in [7, 11) is 1.31. The molecule has 0 aliphatic carbocycles. The normalized spacial score (nSPS) is 51.7. The fourth-order valence-electron chi connectivity index (χ4n) is 2.67. The average Bonchev–Trinajstić information content (AvgIpc) is 2.55.